The average Bonchev–Trinajstić information content (AvgIpc) is 3.56. The molecule has 1 atom stereocenters. The van der Waals surface area contributed by atoms with Crippen molar-refractivity contribution in [1.82, 2.24) is 28.9 Å². The molecular formula is C28H27ClN8O2. The molecule has 1 unspecified atom stereocenters. The summed E-state index contributed by atoms with van der Waals surface area (Å²) in [4.78, 5) is 22.2. The molecule has 11 heteroatoms. The monoisotopic (exact) mass is 542 g/mol. The Morgan fingerprint density at radius 1 is 1.28 bits per heavy atom. The van der Waals surface area contributed by atoms with Crippen molar-refractivity contribution in [2.24, 2.45) is 13.0 Å². The summed E-state index contributed by atoms with van der Waals surface area (Å²) in [6, 6.07) is 11.2. The number of pyridine rings is 1. The van der Waals surface area contributed by atoms with Gasteiger partial charge in [-0.2, -0.15) is 15.3 Å². The second-order valence-corrected chi connectivity index (χ2v) is 10.6. The molecular weight excluding hydrogens is 516 g/mol. The summed E-state index contributed by atoms with van der Waals surface area (Å²) in [5.74, 6) is 0.773. The maximum atomic E-state index is 13.3. The SMILES string of the molecule is CC(CO)Nc1nc(=O)n(CC2CC2)c2nn(Cc3ccnc4ccc(Cl)cc34)c(-c3cc(C#N)cn3C)c12. The molecule has 5 aromatic rings. The van der Waals surface area contributed by atoms with Crippen LogP contribution in [-0.4, -0.2) is 46.6 Å². The van der Waals surface area contributed by atoms with Crippen molar-refractivity contribution in [1.29, 1.82) is 5.26 Å². The van der Waals surface area contributed by atoms with E-state index in [2.05, 4.69) is 21.4 Å². The normalized spacial score (nSPS) is 14.1. The van der Waals surface area contributed by atoms with Crippen molar-refractivity contribution < 1.29 is 5.11 Å². The Balaban J connectivity index is 1.65. The third-order valence-corrected chi connectivity index (χ3v) is 7.39. The van der Waals surface area contributed by atoms with E-state index < -0.39 is 0 Å². The molecule has 2 N–H and O–H groups in total. The van der Waals surface area contributed by atoms with Gasteiger partial charge in [-0.15, -0.1) is 0 Å². The predicted octanol–water partition coefficient (Wildman–Crippen LogP) is 3.92. The molecule has 198 valence electrons. The summed E-state index contributed by atoms with van der Waals surface area (Å²) in [6.07, 6.45) is 5.65. The number of aryl methyl sites for hydroxylation is 1. The van der Waals surface area contributed by atoms with Crippen molar-refractivity contribution in [3.05, 3.63) is 69.4 Å². The highest BCUT2D eigenvalue weighted by atomic mass is 35.5. The first kappa shape index (κ1) is 25.1. The lowest BCUT2D eigenvalue weighted by atomic mass is 10.1. The first-order chi connectivity index (χ1) is 18.9. The Labute approximate surface area is 229 Å². The largest absolute Gasteiger partial charge is 0.394 e. The number of nitriles is 1. The summed E-state index contributed by atoms with van der Waals surface area (Å²) in [7, 11) is 1.87. The fraction of sp³-hybridized carbons (Fsp3) is 0.321. The van der Waals surface area contributed by atoms with E-state index in [4.69, 9.17) is 16.7 Å². The van der Waals surface area contributed by atoms with Gasteiger partial charge in [-0.1, -0.05) is 11.6 Å². The van der Waals surface area contributed by atoms with Gasteiger partial charge in [0.25, 0.3) is 0 Å². The molecule has 0 spiro atoms. The van der Waals surface area contributed by atoms with Crippen molar-refractivity contribution >= 4 is 39.4 Å². The summed E-state index contributed by atoms with van der Waals surface area (Å²) in [5.41, 5.74) is 3.87. The van der Waals surface area contributed by atoms with E-state index in [9.17, 15) is 15.2 Å². The Kier molecular flexibility index (Phi) is 6.33. The van der Waals surface area contributed by atoms with Crippen LogP contribution in [0.3, 0.4) is 0 Å². The van der Waals surface area contributed by atoms with Gasteiger partial charge in [0.05, 0.1) is 41.0 Å². The summed E-state index contributed by atoms with van der Waals surface area (Å²) in [6.45, 7) is 2.59. The lowest BCUT2D eigenvalue weighted by molar-refractivity contribution is 0.281. The molecule has 1 saturated carbocycles. The van der Waals surface area contributed by atoms with Gasteiger partial charge in [-0.3, -0.25) is 14.2 Å². The molecule has 0 bridgehead atoms. The van der Waals surface area contributed by atoms with Crippen LogP contribution in [0.4, 0.5) is 5.82 Å². The van der Waals surface area contributed by atoms with Crippen LogP contribution in [-0.2, 0) is 20.1 Å². The number of fused-ring (bicyclic) bond motifs is 2. The Hall–Kier alpha value is -4.20. The van der Waals surface area contributed by atoms with E-state index in [0.29, 0.717) is 52.1 Å². The minimum Gasteiger partial charge on any atom is -0.394 e. The van der Waals surface area contributed by atoms with Crippen molar-refractivity contribution in [2.75, 3.05) is 11.9 Å². The van der Waals surface area contributed by atoms with Crippen LogP contribution in [0.5, 0.6) is 0 Å². The zero-order valence-corrected chi connectivity index (χ0v) is 22.4. The fourth-order valence-electron chi connectivity index (χ4n) is 4.98. The number of nitrogens with zero attached hydrogens (tertiary/aromatic N) is 7. The molecule has 0 saturated heterocycles. The third-order valence-electron chi connectivity index (χ3n) is 7.15. The predicted molar refractivity (Wildman–Crippen MR) is 150 cm³/mol. The van der Waals surface area contributed by atoms with Gasteiger partial charge in [0.2, 0.25) is 0 Å². The minimum atomic E-state index is -0.385. The minimum absolute atomic E-state index is 0.135. The summed E-state index contributed by atoms with van der Waals surface area (Å²) < 4.78 is 5.39. The van der Waals surface area contributed by atoms with Crippen LogP contribution >= 0.6 is 11.6 Å². The van der Waals surface area contributed by atoms with Gasteiger partial charge in [0.1, 0.15) is 11.9 Å². The molecule has 1 aliphatic rings. The Bertz CT molecular complexity index is 1830. The van der Waals surface area contributed by atoms with E-state index in [1.165, 1.54) is 0 Å². The third kappa shape index (κ3) is 4.64. The summed E-state index contributed by atoms with van der Waals surface area (Å²) in [5, 5.41) is 29.8. The summed E-state index contributed by atoms with van der Waals surface area (Å²) >= 11 is 6.34. The molecule has 1 aliphatic carbocycles. The standard InChI is InChI=1S/C28H27ClN8O2/c1-16(15-38)32-26-24-25(23-9-18(11-30)12-35(23)2)37(34-27(24)36(28(39)33-26)13-17-3-4-17)14-19-7-8-31-22-6-5-20(29)10-21(19)22/h5-10,12,16-17,38H,3-4,13-15H2,1-2H3,(H,32,33,39). The van der Waals surface area contributed by atoms with Crippen LogP contribution in [0.25, 0.3) is 33.3 Å². The smallest absolute Gasteiger partial charge is 0.351 e. The number of aliphatic hydroxyl groups is 1. The van der Waals surface area contributed by atoms with Crippen molar-refractivity contribution in [3.8, 4) is 17.5 Å². The highest BCUT2D eigenvalue weighted by molar-refractivity contribution is 6.31. The molecule has 39 heavy (non-hydrogen) atoms. The zero-order chi connectivity index (χ0) is 27.3. The van der Waals surface area contributed by atoms with E-state index in [1.54, 1.807) is 17.0 Å². The molecule has 6 rings (SSSR count). The van der Waals surface area contributed by atoms with Crippen LogP contribution in [0.2, 0.25) is 5.02 Å². The zero-order valence-electron chi connectivity index (χ0n) is 21.6. The van der Waals surface area contributed by atoms with Crippen LogP contribution < -0.4 is 11.0 Å². The van der Waals surface area contributed by atoms with E-state index >= 15 is 0 Å². The molecule has 0 aliphatic heterocycles. The second kappa shape index (κ2) is 9.84. The number of aliphatic hydroxyl groups excluding tert-OH is 1. The Morgan fingerprint density at radius 2 is 2.10 bits per heavy atom. The van der Waals surface area contributed by atoms with Crippen molar-refractivity contribution in [3.63, 3.8) is 0 Å². The molecule has 0 radical (unpaired) electrons. The highest BCUT2D eigenvalue weighted by Gasteiger charge is 2.28. The molecule has 0 amide bonds. The number of hydrogen-bond donors (Lipinski definition) is 2. The maximum absolute atomic E-state index is 13.3. The molecule has 4 heterocycles. The van der Waals surface area contributed by atoms with Crippen LogP contribution in [0.15, 0.2) is 47.5 Å². The lowest BCUT2D eigenvalue weighted by Crippen LogP contribution is -2.28. The average molecular weight is 543 g/mol. The van der Waals surface area contributed by atoms with E-state index in [1.807, 2.05) is 53.6 Å². The fourth-order valence-corrected chi connectivity index (χ4v) is 5.15. The second-order valence-electron chi connectivity index (χ2n) is 10.2. The quantitative estimate of drug-likeness (QED) is 0.304. The van der Waals surface area contributed by atoms with Gasteiger partial charge in [-0.25, -0.2) is 4.79 Å². The molecule has 10 nitrogen and oxygen atoms in total. The van der Waals surface area contributed by atoms with Crippen LogP contribution in [0, 0.1) is 17.2 Å². The number of nitrogens with one attached hydrogen (secondary N) is 1. The van der Waals surface area contributed by atoms with Gasteiger partial charge in [-0.05, 0) is 61.6 Å². The number of hydrogen-bond acceptors (Lipinski definition) is 7. The number of benzene rings is 1. The van der Waals surface area contributed by atoms with E-state index in [-0.39, 0.29) is 18.3 Å². The topological polar surface area (TPSA) is 127 Å². The maximum Gasteiger partial charge on any atom is 0.351 e. The first-order valence-electron chi connectivity index (χ1n) is 12.8. The van der Waals surface area contributed by atoms with Crippen molar-refractivity contribution in [2.45, 2.75) is 38.9 Å². The molecule has 1 aromatic carbocycles. The van der Waals surface area contributed by atoms with E-state index in [0.717, 1.165) is 35.0 Å². The van der Waals surface area contributed by atoms with Gasteiger partial charge >= 0.3 is 5.69 Å². The molecule has 4 aromatic heterocycles. The lowest BCUT2D eigenvalue weighted by Gasteiger charge is -2.15. The number of anilines is 1. The van der Waals surface area contributed by atoms with Gasteiger partial charge in [0.15, 0.2) is 5.65 Å². The highest BCUT2D eigenvalue weighted by Crippen LogP contribution is 2.36. The van der Waals surface area contributed by atoms with Gasteiger partial charge in [0, 0.05) is 42.4 Å². The molecule has 1 fully saturated rings. The van der Waals surface area contributed by atoms with Gasteiger partial charge < -0.3 is 15.0 Å². The first-order valence-corrected chi connectivity index (χ1v) is 13.2. The van der Waals surface area contributed by atoms with Crippen LogP contribution in [0.1, 0.15) is 30.9 Å². The number of aromatic nitrogens is 6. The number of halogens is 1. The number of rotatable bonds is 8. The Morgan fingerprint density at radius 3 is 2.82 bits per heavy atom.